The average Bonchev–Trinajstić information content (AvgIpc) is 2.39. The normalized spacial score (nSPS) is 10.6. The van der Waals surface area contributed by atoms with E-state index in [1.54, 1.807) is 0 Å². The lowest BCUT2D eigenvalue weighted by Gasteiger charge is -2.16. The Kier molecular flexibility index (Phi) is 4.46. The standard InChI is InChI=1S/C16H14Cl2/c1-2-3-16(12-4-8-14(17)9-5-12)13-6-10-15(18)11-7-13/h2,4-11,16H,1,3H2. The fourth-order valence-corrected chi connectivity index (χ4v) is 2.27. The van der Waals surface area contributed by atoms with Gasteiger partial charge < -0.3 is 0 Å². The van der Waals surface area contributed by atoms with Gasteiger partial charge in [-0.05, 0) is 41.8 Å². The van der Waals surface area contributed by atoms with Gasteiger partial charge in [-0.1, -0.05) is 53.5 Å². The summed E-state index contributed by atoms with van der Waals surface area (Å²) in [5, 5.41) is 1.51. The predicted octanol–water partition coefficient (Wildman–Crippen LogP) is 5.70. The van der Waals surface area contributed by atoms with Crippen LogP contribution in [0.25, 0.3) is 0 Å². The molecule has 2 heteroatoms. The number of rotatable bonds is 4. The van der Waals surface area contributed by atoms with Gasteiger partial charge in [-0.2, -0.15) is 0 Å². The van der Waals surface area contributed by atoms with E-state index in [-0.39, 0.29) is 0 Å². The molecule has 0 amide bonds. The van der Waals surface area contributed by atoms with Gasteiger partial charge >= 0.3 is 0 Å². The van der Waals surface area contributed by atoms with Gasteiger partial charge in [0.15, 0.2) is 0 Å². The summed E-state index contributed by atoms with van der Waals surface area (Å²) in [6.07, 6.45) is 2.83. The summed E-state index contributed by atoms with van der Waals surface area (Å²) >= 11 is 11.8. The highest BCUT2D eigenvalue weighted by atomic mass is 35.5. The minimum atomic E-state index is 0.303. The first kappa shape index (κ1) is 13.2. The molecule has 2 aromatic carbocycles. The lowest BCUT2D eigenvalue weighted by atomic mass is 9.89. The summed E-state index contributed by atoms with van der Waals surface area (Å²) in [6, 6.07) is 15.9. The third-order valence-electron chi connectivity index (χ3n) is 2.95. The molecule has 0 aromatic heterocycles. The van der Waals surface area contributed by atoms with E-state index in [1.165, 1.54) is 11.1 Å². The van der Waals surface area contributed by atoms with Crippen molar-refractivity contribution in [1.82, 2.24) is 0 Å². The zero-order chi connectivity index (χ0) is 13.0. The van der Waals surface area contributed by atoms with Crippen molar-refractivity contribution < 1.29 is 0 Å². The van der Waals surface area contributed by atoms with Gasteiger partial charge in [0, 0.05) is 16.0 Å². The van der Waals surface area contributed by atoms with Crippen LogP contribution in [-0.2, 0) is 0 Å². The molecular formula is C16H14Cl2. The molecule has 0 atom stereocenters. The monoisotopic (exact) mass is 276 g/mol. The van der Waals surface area contributed by atoms with Gasteiger partial charge in [0.2, 0.25) is 0 Å². The molecule has 0 aliphatic rings. The van der Waals surface area contributed by atoms with Crippen molar-refractivity contribution in [2.75, 3.05) is 0 Å². The molecular weight excluding hydrogens is 263 g/mol. The van der Waals surface area contributed by atoms with E-state index >= 15 is 0 Å². The molecule has 0 aliphatic heterocycles. The maximum absolute atomic E-state index is 5.92. The van der Waals surface area contributed by atoms with E-state index < -0.39 is 0 Å². The molecule has 0 radical (unpaired) electrons. The first-order chi connectivity index (χ1) is 8.70. The smallest absolute Gasteiger partial charge is 0.0406 e. The maximum Gasteiger partial charge on any atom is 0.0406 e. The first-order valence-electron chi connectivity index (χ1n) is 5.82. The molecule has 0 heterocycles. The molecule has 0 unspecified atom stereocenters. The summed E-state index contributed by atoms with van der Waals surface area (Å²) < 4.78 is 0. The van der Waals surface area contributed by atoms with Gasteiger partial charge in [0.05, 0.1) is 0 Å². The van der Waals surface area contributed by atoms with Crippen LogP contribution in [0.1, 0.15) is 23.5 Å². The van der Waals surface area contributed by atoms with E-state index in [0.717, 1.165) is 16.5 Å². The molecule has 18 heavy (non-hydrogen) atoms. The Hall–Kier alpha value is -1.24. The molecule has 0 saturated heterocycles. The van der Waals surface area contributed by atoms with Crippen LogP contribution in [0, 0.1) is 0 Å². The van der Waals surface area contributed by atoms with Gasteiger partial charge in [-0.15, -0.1) is 6.58 Å². The topological polar surface area (TPSA) is 0 Å². The van der Waals surface area contributed by atoms with Crippen molar-refractivity contribution in [1.29, 1.82) is 0 Å². The molecule has 2 aromatic rings. The number of hydrogen-bond donors (Lipinski definition) is 0. The Labute approximate surface area is 118 Å². The highest BCUT2D eigenvalue weighted by Gasteiger charge is 2.12. The second-order valence-electron chi connectivity index (χ2n) is 4.18. The maximum atomic E-state index is 5.92. The Morgan fingerprint density at radius 2 is 1.22 bits per heavy atom. The molecule has 0 saturated carbocycles. The Morgan fingerprint density at radius 1 is 0.833 bits per heavy atom. The molecule has 0 fully saturated rings. The summed E-state index contributed by atoms with van der Waals surface area (Å²) in [6.45, 7) is 3.83. The van der Waals surface area contributed by atoms with Crippen molar-refractivity contribution in [2.45, 2.75) is 12.3 Å². The van der Waals surface area contributed by atoms with Crippen LogP contribution in [0.5, 0.6) is 0 Å². The van der Waals surface area contributed by atoms with Crippen molar-refractivity contribution in [3.63, 3.8) is 0 Å². The molecule has 0 nitrogen and oxygen atoms in total. The number of hydrogen-bond acceptors (Lipinski definition) is 0. The molecule has 2 rings (SSSR count). The number of allylic oxidation sites excluding steroid dienone is 1. The minimum absolute atomic E-state index is 0.303. The molecule has 92 valence electrons. The van der Waals surface area contributed by atoms with Gasteiger partial charge in [-0.25, -0.2) is 0 Å². The number of halogens is 2. The lowest BCUT2D eigenvalue weighted by molar-refractivity contribution is 0.831. The summed E-state index contributed by atoms with van der Waals surface area (Å²) in [7, 11) is 0. The number of benzene rings is 2. The summed E-state index contributed by atoms with van der Waals surface area (Å²) in [5.41, 5.74) is 2.48. The minimum Gasteiger partial charge on any atom is -0.103 e. The van der Waals surface area contributed by atoms with E-state index in [9.17, 15) is 0 Å². The van der Waals surface area contributed by atoms with Crippen LogP contribution < -0.4 is 0 Å². The molecule has 0 N–H and O–H groups in total. The van der Waals surface area contributed by atoms with Crippen molar-refractivity contribution in [3.8, 4) is 0 Å². The molecule has 0 bridgehead atoms. The Bertz CT molecular complexity index is 466. The second kappa shape index (κ2) is 6.08. The fraction of sp³-hybridized carbons (Fsp3) is 0.125. The van der Waals surface area contributed by atoms with Crippen molar-refractivity contribution >= 4 is 23.2 Å². The van der Waals surface area contributed by atoms with E-state index in [4.69, 9.17) is 23.2 Å². The van der Waals surface area contributed by atoms with Gasteiger partial charge in [0.1, 0.15) is 0 Å². The highest BCUT2D eigenvalue weighted by molar-refractivity contribution is 6.30. The van der Waals surface area contributed by atoms with Crippen LogP contribution in [-0.4, -0.2) is 0 Å². The van der Waals surface area contributed by atoms with Crippen LogP contribution in [0.15, 0.2) is 61.2 Å². The van der Waals surface area contributed by atoms with Crippen LogP contribution in [0.2, 0.25) is 10.0 Å². The quantitative estimate of drug-likeness (QED) is 0.629. The van der Waals surface area contributed by atoms with Crippen molar-refractivity contribution in [2.24, 2.45) is 0 Å². The van der Waals surface area contributed by atoms with Gasteiger partial charge in [0.25, 0.3) is 0 Å². The van der Waals surface area contributed by atoms with Crippen LogP contribution >= 0.6 is 23.2 Å². The lowest BCUT2D eigenvalue weighted by Crippen LogP contribution is -1.99. The van der Waals surface area contributed by atoms with Crippen LogP contribution in [0.4, 0.5) is 0 Å². The average molecular weight is 277 g/mol. The summed E-state index contributed by atoms with van der Waals surface area (Å²) in [4.78, 5) is 0. The SMILES string of the molecule is C=CCC(c1ccc(Cl)cc1)c1ccc(Cl)cc1. The second-order valence-corrected chi connectivity index (χ2v) is 5.05. The fourth-order valence-electron chi connectivity index (χ4n) is 2.02. The van der Waals surface area contributed by atoms with Gasteiger partial charge in [-0.3, -0.25) is 0 Å². The van der Waals surface area contributed by atoms with E-state index in [0.29, 0.717) is 5.92 Å². The van der Waals surface area contributed by atoms with E-state index in [2.05, 4.69) is 30.8 Å². The van der Waals surface area contributed by atoms with Crippen LogP contribution in [0.3, 0.4) is 0 Å². The zero-order valence-corrected chi connectivity index (χ0v) is 11.5. The highest BCUT2D eigenvalue weighted by Crippen LogP contribution is 2.29. The molecule has 0 spiro atoms. The third kappa shape index (κ3) is 3.16. The Balaban J connectivity index is 2.35. The largest absolute Gasteiger partial charge is 0.103 e. The summed E-state index contributed by atoms with van der Waals surface area (Å²) in [5.74, 6) is 0.303. The zero-order valence-electron chi connectivity index (χ0n) is 9.94. The molecule has 0 aliphatic carbocycles. The predicted molar refractivity (Wildman–Crippen MR) is 79.6 cm³/mol. The van der Waals surface area contributed by atoms with E-state index in [1.807, 2.05) is 30.3 Å². The third-order valence-corrected chi connectivity index (χ3v) is 3.45. The van der Waals surface area contributed by atoms with Crippen molar-refractivity contribution in [3.05, 3.63) is 82.4 Å². The Morgan fingerprint density at radius 3 is 1.56 bits per heavy atom. The first-order valence-corrected chi connectivity index (χ1v) is 6.58.